The van der Waals surface area contributed by atoms with Crippen LogP contribution in [0, 0.1) is 0 Å². The Morgan fingerprint density at radius 3 is 1.36 bits per heavy atom. The van der Waals surface area contributed by atoms with E-state index in [4.69, 9.17) is 9.47 Å². The van der Waals surface area contributed by atoms with Gasteiger partial charge in [-0.05, 0) is 76.9 Å². The molecule has 0 saturated heterocycles. The number of nitrogens with one attached hydrogen (secondary N) is 3. The molecule has 55 heavy (non-hydrogen) atoms. The molecule has 4 aromatic carbocycles. The summed E-state index contributed by atoms with van der Waals surface area (Å²) in [4.78, 5) is 72.2. The quantitative estimate of drug-likeness (QED) is 0.156. The van der Waals surface area contributed by atoms with E-state index in [0.29, 0.717) is 22.3 Å². The van der Waals surface area contributed by atoms with Crippen LogP contribution in [0.4, 0.5) is 9.59 Å². The zero-order valence-electron chi connectivity index (χ0n) is 31.6. The third kappa shape index (κ3) is 11.8. The molecule has 2 heterocycles. The van der Waals surface area contributed by atoms with Crippen molar-refractivity contribution in [1.82, 2.24) is 20.9 Å². The number of amides is 6. The summed E-state index contributed by atoms with van der Waals surface area (Å²) in [5.74, 6) is -1.33. The van der Waals surface area contributed by atoms with Gasteiger partial charge >= 0.3 is 12.2 Å². The van der Waals surface area contributed by atoms with Gasteiger partial charge in [0.2, 0.25) is 0 Å². The van der Waals surface area contributed by atoms with Gasteiger partial charge in [-0.3, -0.25) is 29.4 Å². The standard InChI is InChI=1S/C21H22N2O4.C13H19NO3.C8H5NO2/c1-21(2,3)27-20(26)22-13-17(14-9-5-4-6-10-14)23-18(24)15-11-7-8-12-16(15)19(23)25;1-13(2,3)17-12(16)14-9-11(15)10-7-5-4-6-8-10;10-7-5-3-1-2-4-6(5)8(11)9-7/h4-12,17H,13H2,1-3H3,(H,22,26);4-8,11,15H,9H2,1-3H3,(H,14,16);1-4H,(H,9,10,11). The van der Waals surface area contributed by atoms with Crippen molar-refractivity contribution in [2.75, 3.05) is 13.1 Å². The van der Waals surface area contributed by atoms with Crippen molar-refractivity contribution in [2.45, 2.75) is 64.9 Å². The lowest BCUT2D eigenvalue weighted by Crippen LogP contribution is -2.42. The fraction of sp³-hybridized carbons (Fsp3) is 0.286. The Hall–Kier alpha value is -6.34. The molecule has 6 amide bonds. The van der Waals surface area contributed by atoms with Gasteiger partial charge in [-0.25, -0.2) is 9.59 Å². The van der Waals surface area contributed by atoms with Crippen LogP contribution in [-0.2, 0) is 9.47 Å². The summed E-state index contributed by atoms with van der Waals surface area (Å²) in [7, 11) is 0. The molecule has 0 saturated carbocycles. The SMILES string of the molecule is CC(C)(C)OC(=O)NCC(O)c1ccccc1.CC(C)(C)OC(=O)NCC(c1ccccc1)N1C(=O)c2ccccc2C1=O.O=C1NC(=O)c2ccccc21. The Bertz CT molecular complexity index is 1940. The molecule has 0 aliphatic carbocycles. The van der Waals surface area contributed by atoms with Crippen molar-refractivity contribution < 1.29 is 43.3 Å². The van der Waals surface area contributed by atoms with Crippen LogP contribution in [0.2, 0.25) is 0 Å². The third-order valence-corrected chi connectivity index (χ3v) is 7.83. The van der Waals surface area contributed by atoms with Gasteiger partial charge in [-0.15, -0.1) is 0 Å². The highest BCUT2D eigenvalue weighted by Gasteiger charge is 2.40. The molecule has 6 rings (SSSR count). The highest BCUT2D eigenvalue weighted by molar-refractivity contribution is 6.22. The zero-order chi connectivity index (χ0) is 40.3. The Balaban J connectivity index is 0.000000204. The second-order valence-corrected chi connectivity index (χ2v) is 14.5. The van der Waals surface area contributed by atoms with Crippen molar-refractivity contribution in [2.24, 2.45) is 0 Å². The van der Waals surface area contributed by atoms with Crippen molar-refractivity contribution in [3.63, 3.8) is 0 Å². The van der Waals surface area contributed by atoms with E-state index in [9.17, 15) is 33.9 Å². The van der Waals surface area contributed by atoms with Crippen LogP contribution in [-0.4, -0.2) is 70.1 Å². The number of aliphatic hydroxyl groups is 1. The Morgan fingerprint density at radius 1 is 0.582 bits per heavy atom. The van der Waals surface area contributed by atoms with Crippen LogP contribution in [0.25, 0.3) is 0 Å². The molecule has 2 atom stereocenters. The molecule has 0 spiro atoms. The first-order valence-electron chi connectivity index (χ1n) is 17.6. The molecular formula is C42H46N4O9. The fourth-order valence-electron chi connectivity index (χ4n) is 5.42. The summed E-state index contributed by atoms with van der Waals surface area (Å²) in [6.45, 7) is 10.9. The van der Waals surface area contributed by atoms with Gasteiger partial charge in [0, 0.05) is 6.54 Å². The van der Waals surface area contributed by atoms with Gasteiger partial charge in [-0.1, -0.05) is 84.9 Å². The van der Waals surface area contributed by atoms with Crippen LogP contribution in [0.5, 0.6) is 0 Å². The lowest BCUT2D eigenvalue weighted by Gasteiger charge is -2.27. The minimum Gasteiger partial charge on any atom is -0.444 e. The van der Waals surface area contributed by atoms with E-state index in [-0.39, 0.29) is 36.7 Å². The van der Waals surface area contributed by atoms with Crippen molar-refractivity contribution >= 4 is 35.8 Å². The van der Waals surface area contributed by atoms with Crippen LogP contribution >= 0.6 is 0 Å². The summed E-state index contributed by atoms with van der Waals surface area (Å²) in [5, 5.41) is 17.2. The van der Waals surface area contributed by atoms with Crippen molar-refractivity contribution in [3.8, 4) is 0 Å². The number of hydrogen-bond acceptors (Lipinski definition) is 9. The highest BCUT2D eigenvalue weighted by Crippen LogP contribution is 2.31. The maximum absolute atomic E-state index is 12.9. The first-order chi connectivity index (χ1) is 25.9. The number of ether oxygens (including phenoxy) is 2. The van der Waals surface area contributed by atoms with Gasteiger partial charge in [0.25, 0.3) is 23.6 Å². The smallest absolute Gasteiger partial charge is 0.407 e. The number of nitrogens with zero attached hydrogens (tertiary/aromatic N) is 1. The van der Waals surface area contributed by atoms with E-state index in [1.54, 1.807) is 102 Å². The maximum Gasteiger partial charge on any atom is 0.407 e. The minimum absolute atomic E-state index is 0.0599. The maximum atomic E-state index is 12.9. The minimum atomic E-state index is -0.719. The molecule has 13 nitrogen and oxygen atoms in total. The number of hydrogen-bond donors (Lipinski definition) is 4. The molecule has 0 aromatic heterocycles. The lowest BCUT2D eigenvalue weighted by molar-refractivity contribution is 0.0467. The Labute approximate surface area is 320 Å². The van der Waals surface area contributed by atoms with Crippen LogP contribution in [0.3, 0.4) is 0 Å². The van der Waals surface area contributed by atoms with Crippen molar-refractivity contribution in [3.05, 3.63) is 143 Å². The molecule has 0 fully saturated rings. The van der Waals surface area contributed by atoms with E-state index in [2.05, 4.69) is 16.0 Å². The normalized spacial score (nSPS) is 14.1. The number of benzene rings is 4. The van der Waals surface area contributed by atoms with Crippen LogP contribution in [0.1, 0.15) is 106 Å². The van der Waals surface area contributed by atoms with Gasteiger partial charge < -0.3 is 25.2 Å². The zero-order valence-corrected chi connectivity index (χ0v) is 31.6. The molecule has 288 valence electrons. The average molecular weight is 751 g/mol. The predicted octanol–water partition coefficient (Wildman–Crippen LogP) is 6.36. The van der Waals surface area contributed by atoms with E-state index >= 15 is 0 Å². The largest absolute Gasteiger partial charge is 0.444 e. The molecule has 4 N–H and O–H groups in total. The molecular weight excluding hydrogens is 704 g/mol. The summed E-state index contributed by atoms with van der Waals surface area (Å²) in [6, 6.07) is 31.2. The molecule has 2 unspecified atom stereocenters. The van der Waals surface area contributed by atoms with Gasteiger partial charge in [-0.2, -0.15) is 0 Å². The van der Waals surface area contributed by atoms with Gasteiger partial charge in [0.15, 0.2) is 0 Å². The van der Waals surface area contributed by atoms with E-state index in [1.807, 2.05) is 48.5 Å². The first kappa shape index (κ1) is 41.4. The summed E-state index contributed by atoms with van der Waals surface area (Å²) < 4.78 is 10.3. The highest BCUT2D eigenvalue weighted by atomic mass is 16.6. The lowest BCUT2D eigenvalue weighted by atomic mass is 10.1. The number of alkyl carbamates (subject to hydrolysis) is 2. The van der Waals surface area contributed by atoms with Crippen molar-refractivity contribution in [1.29, 1.82) is 0 Å². The number of fused-ring (bicyclic) bond motifs is 2. The van der Waals surface area contributed by atoms with Gasteiger partial charge in [0.05, 0.1) is 40.9 Å². The molecule has 2 aliphatic rings. The van der Waals surface area contributed by atoms with Crippen LogP contribution in [0.15, 0.2) is 109 Å². The summed E-state index contributed by atoms with van der Waals surface area (Å²) in [6.07, 6.45) is -1.84. The third-order valence-electron chi connectivity index (χ3n) is 7.83. The number of rotatable bonds is 7. The predicted molar refractivity (Wildman–Crippen MR) is 204 cm³/mol. The monoisotopic (exact) mass is 750 g/mol. The number of aliphatic hydroxyl groups excluding tert-OH is 1. The average Bonchev–Trinajstić information content (AvgIpc) is 3.57. The second kappa shape index (κ2) is 18.1. The Kier molecular flexibility index (Phi) is 13.6. The van der Waals surface area contributed by atoms with E-state index in [0.717, 1.165) is 11.1 Å². The second-order valence-electron chi connectivity index (χ2n) is 14.5. The summed E-state index contributed by atoms with van der Waals surface area (Å²) >= 11 is 0. The first-order valence-corrected chi connectivity index (χ1v) is 17.6. The molecule has 2 aliphatic heterocycles. The molecule has 0 bridgehead atoms. The molecule has 13 heteroatoms. The molecule has 4 aromatic rings. The van der Waals surface area contributed by atoms with Crippen LogP contribution < -0.4 is 16.0 Å². The van der Waals surface area contributed by atoms with E-state index in [1.165, 1.54) is 4.90 Å². The number of imide groups is 2. The molecule has 0 radical (unpaired) electrons. The Morgan fingerprint density at radius 2 is 0.945 bits per heavy atom. The van der Waals surface area contributed by atoms with Gasteiger partial charge in [0.1, 0.15) is 11.2 Å². The number of carbonyl (C=O) groups excluding carboxylic acids is 6. The van der Waals surface area contributed by atoms with E-state index < -0.39 is 35.5 Å². The summed E-state index contributed by atoms with van der Waals surface area (Å²) in [5.41, 5.74) is 2.05. The number of carbonyl (C=O) groups is 6. The fourth-order valence-corrected chi connectivity index (χ4v) is 5.42. The topological polar surface area (TPSA) is 180 Å².